The SMILES string of the molecule is CCOC(=O)CN(c1ccc(C(F)(F)F)cc1)S(=O)(=O)c1ccc(OC)cc1. The highest BCUT2D eigenvalue weighted by Gasteiger charge is 2.32. The van der Waals surface area contributed by atoms with Gasteiger partial charge in [-0.2, -0.15) is 13.2 Å². The zero-order valence-electron chi connectivity index (χ0n) is 15.1. The Bertz CT molecular complexity index is 910. The fourth-order valence-corrected chi connectivity index (χ4v) is 3.74. The van der Waals surface area contributed by atoms with E-state index in [9.17, 15) is 26.4 Å². The van der Waals surface area contributed by atoms with E-state index in [0.717, 1.165) is 24.3 Å². The van der Waals surface area contributed by atoms with Crippen molar-refractivity contribution in [1.82, 2.24) is 0 Å². The van der Waals surface area contributed by atoms with Gasteiger partial charge in [0.2, 0.25) is 0 Å². The first kappa shape index (κ1) is 21.5. The predicted octanol–water partition coefficient (Wildman–Crippen LogP) is 3.47. The molecule has 0 aromatic heterocycles. The van der Waals surface area contributed by atoms with Crippen molar-refractivity contribution in [2.75, 3.05) is 24.6 Å². The highest BCUT2D eigenvalue weighted by atomic mass is 32.2. The molecule has 0 unspecified atom stereocenters. The van der Waals surface area contributed by atoms with Gasteiger partial charge in [-0.15, -0.1) is 0 Å². The Hall–Kier alpha value is -2.75. The van der Waals surface area contributed by atoms with Gasteiger partial charge in [0, 0.05) is 0 Å². The molecule has 2 aromatic carbocycles. The Kier molecular flexibility index (Phi) is 6.55. The summed E-state index contributed by atoms with van der Waals surface area (Å²) in [5, 5.41) is 0. The van der Waals surface area contributed by atoms with Crippen molar-refractivity contribution in [1.29, 1.82) is 0 Å². The molecule has 0 saturated heterocycles. The highest BCUT2D eigenvalue weighted by Crippen LogP contribution is 2.32. The molecule has 0 aliphatic carbocycles. The molecule has 0 bridgehead atoms. The van der Waals surface area contributed by atoms with Crippen molar-refractivity contribution in [3.05, 3.63) is 54.1 Å². The normalized spacial score (nSPS) is 11.8. The maximum atomic E-state index is 13.0. The van der Waals surface area contributed by atoms with Gasteiger partial charge in [0.05, 0.1) is 29.9 Å². The minimum atomic E-state index is -4.57. The van der Waals surface area contributed by atoms with Crippen LogP contribution in [0.1, 0.15) is 12.5 Å². The number of esters is 1. The van der Waals surface area contributed by atoms with Crippen LogP contribution in [0.4, 0.5) is 18.9 Å². The maximum absolute atomic E-state index is 13.0. The quantitative estimate of drug-likeness (QED) is 0.645. The number of ether oxygens (including phenoxy) is 2. The van der Waals surface area contributed by atoms with E-state index < -0.39 is 34.3 Å². The summed E-state index contributed by atoms with van der Waals surface area (Å²) in [7, 11) is -2.83. The summed E-state index contributed by atoms with van der Waals surface area (Å²) < 4.78 is 74.8. The third kappa shape index (κ3) is 4.94. The van der Waals surface area contributed by atoms with Gasteiger partial charge < -0.3 is 9.47 Å². The number of carbonyl (C=O) groups is 1. The largest absolute Gasteiger partial charge is 0.497 e. The molecule has 0 heterocycles. The number of hydrogen-bond donors (Lipinski definition) is 0. The van der Waals surface area contributed by atoms with Crippen molar-refractivity contribution in [3.63, 3.8) is 0 Å². The van der Waals surface area contributed by atoms with E-state index in [4.69, 9.17) is 9.47 Å². The Morgan fingerprint density at radius 3 is 2.07 bits per heavy atom. The summed E-state index contributed by atoms with van der Waals surface area (Å²) in [6.45, 7) is 0.897. The van der Waals surface area contributed by atoms with Crippen molar-refractivity contribution in [2.45, 2.75) is 18.0 Å². The molecule has 0 atom stereocenters. The number of carbonyl (C=O) groups excluding carboxylic acids is 1. The fraction of sp³-hybridized carbons (Fsp3) is 0.278. The topological polar surface area (TPSA) is 72.9 Å². The molecule has 2 rings (SSSR count). The van der Waals surface area contributed by atoms with E-state index in [-0.39, 0.29) is 17.2 Å². The predicted molar refractivity (Wildman–Crippen MR) is 95.6 cm³/mol. The second kappa shape index (κ2) is 8.51. The van der Waals surface area contributed by atoms with Crippen LogP contribution in [0.15, 0.2) is 53.4 Å². The second-order valence-corrected chi connectivity index (χ2v) is 7.40. The van der Waals surface area contributed by atoms with Gasteiger partial charge in [0.15, 0.2) is 0 Å². The molecule has 0 fully saturated rings. The van der Waals surface area contributed by atoms with Crippen LogP contribution in [0.3, 0.4) is 0 Å². The number of nitrogens with zero attached hydrogens (tertiary/aromatic N) is 1. The number of halogens is 3. The minimum Gasteiger partial charge on any atom is -0.497 e. The van der Waals surface area contributed by atoms with Crippen LogP contribution in [0.5, 0.6) is 5.75 Å². The first-order valence-electron chi connectivity index (χ1n) is 8.09. The number of sulfonamides is 1. The van der Waals surface area contributed by atoms with Crippen molar-refractivity contribution in [3.8, 4) is 5.75 Å². The molecule has 2 aromatic rings. The minimum absolute atomic E-state index is 0.0300. The average molecular weight is 417 g/mol. The van der Waals surface area contributed by atoms with Gasteiger partial charge in [0.25, 0.3) is 10.0 Å². The van der Waals surface area contributed by atoms with E-state index in [1.54, 1.807) is 6.92 Å². The molecule has 0 radical (unpaired) electrons. The van der Waals surface area contributed by atoms with E-state index in [2.05, 4.69) is 0 Å². The van der Waals surface area contributed by atoms with Crippen LogP contribution < -0.4 is 9.04 Å². The number of methoxy groups -OCH3 is 1. The van der Waals surface area contributed by atoms with E-state index in [1.165, 1.54) is 31.4 Å². The number of rotatable bonds is 7. The maximum Gasteiger partial charge on any atom is 0.416 e. The second-order valence-electron chi connectivity index (χ2n) is 5.54. The molecular formula is C18H18F3NO5S. The van der Waals surface area contributed by atoms with Crippen LogP contribution in [0, 0.1) is 0 Å². The Morgan fingerprint density at radius 1 is 1.04 bits per heavy atom. The molecule has 0 aliphatic heterocycles. The lowest BCUT2D eigenvalue weighted by Gasteiger charge is -2.24. The monoisotopic (exact) mass is 417 g/mol. The fourth-order valence-electron chi connectivity index (χ4n) is 2.33. The van der Waals surface area contributed by atoms with Crippen molar-refractivity contribution in [2.24, 2.45) is 0 Å². The van der Waals surface area contributed by atoms with Gasteiger partial charge in [-0.3, -0.25) is 9.10 Å². The third-order valence-electron chi connectivity index (χ3n) is 3.71. The number of benzene rings is 2. The lowest BCUT2D eigenvalue weighted by atomic mass is 10.2. The third-order valence-corrected chi connectivity index (χ3v) is 5.50. The summed E-state index contributed by atoms with van der Waals surface area (Å²) in [6.07, 6.45) is -4.57. The van der Waals surface area contributed by atoms with Gasteiger partial charge in [-0.25, -0.2) is 8.42 Å². The standard InChI is InChI=1S/C18H18F3NO5S/c1-3-27-17(23)12-22(14-6-4-13(5-7-14)18(19,20)21)28(24,25)16-10-8-15(26-2)9-11-16/h4-11H,3,12H2,1-2H3. The van der Waals surface area contributed by atoms with Crippen LogP contribution in [0.25, 0.3) is 0 Å². The van der Waals surface area contributed by atoms with Crippen molar-refractivity contribution >= 4 is 21.7 Å². The van der Waals surface area contributed by atoms with Crippen LogP contribution >= 0.6 is 0 Å². The van der Waals surface area contributed by atoms with E-state index >= 15 is 0 Å². The smallest absolute Gasteiger partial charge is 0.416 e. The Balaban J connectivity index is 2.47. The molecule has 0 amide bonds. The summed E-state index contributed by atoms with van der Waals surface area (Å²) in [5.74, 6) is -0.412. The number of anilines is 1. The van der Waals surface area contributed by atoms with E-state index in [1.807, 2.05) is 0 Å². The molecule has 0 aliphatic rings. The van der Waals surface area contributed by atoms with E-state index in [0.29, 0.717) is 10.1 Å². The molecule has 0 N–H and O–H groups in total. The first-order valence-corrected chi connectivity index (χ1v) is 9.53. The number of hydrogen-bond acceptors (Lipinski definition) is 5. The summed E-state index contributed by atoms with van der Waals surface area (Å²) >= 11 is 0. The first-order chi connectivity index (χ1) is 13.1. The lowest BCUT2D eigenvalue weighted by molar-refractivity contribution is -0.141. The Labute approximate surface area is 160 Å². The zero-order chi connectivity index (χ0) is 20.9. The van der Waals surface area contributed by atoms with Gasteiger partial charge >= 0.3 is 12.1 Å². The molecular weight excluding hydrogens is 399 g/mol. The van der Waals surface area contributed by atoms with Crippen LogP contribution in [-0.4, -0.2) is 34.6 Å². The molecule has 10 heteroatoms. The summed E-state index contributed by atoms with van der Waals surface area (Å²) in [5.41, 5.74) is -1.04. The van der Waals surface area contributed by atoms with Crippen LogP contribution in [-0.2, 0) is 25.7 Å². The summed E-state index contributed by atoms with van der Waals surface area (Å²) in [6, 6.07) is 8.86. The molecule has 152 valence electrons. The number of alkyl halides is 3. The van der Waals surface area contributed by atoms with Gasteiger partial charge in [-0.1, -0.05) is 0 Å². The highest BCUT2D eigenvalue weighted by molar-refractivity contribution is 7.92. The summed E-state index contributed by atoms with van der Waals surface area (Å²) in [4.78, 5) is 11.7. The molecule has 28 heavy (non-hydrogen) atoms. The molecule has 6 nitrogen and oxygen atoms in total. The van der Waals surface area contributed by atoms with Gasteiger partial charge in [0.1, 0.15) is 12.3 Å². The molecule has 0 spiro atoms. The van der Waals surface area contributed by atoms with Crippen LogP contribution in [0.2, 0.25) is 0 Å². The zero-order valence-corrected chi connectivity index (χ0v) is 15.9. The Morgan fingerprint density at radius 2 is 1.61 bits per heavy atom. The van der Waals surface area contributed by atoms with Crippen molar-refractivity contribution < 1.29 is 35.9 Å². The lowest BCUT2D eigenvalue weighted by Crippen LogP contribution is -2.36. The average Bonchev–Trinajstić information content (AvgIpc) is 2.65. The van der Waals surface area contributed by atoms with Gasteiger partial charge in [-0.05, 0) is 55.5 Å². The molecule has 0 saturated carbocycles.